The number of oxazole rings is 1. The number of aromatic nitrogens is 1. The summed E-state index contributed by atoms with van der Waals surface area (Å²) in [5.41, 5.74) is 2.17. The molecular formula is C15H21N3O3S. The van der Waals surface area contributed by atoms with Crippen LogP contribution in [0.15, 0.2) is 28.7 Å². The van der Waals surface area contributed by atoms with Crippen molar-refractivity contribution < 1.29 is 12.8 Å². The van der Waals surface area contributed by atoms with E-state index in [0.29, 0.717) is 24.7 Å². The van der Waals surface area contributed by atoms with Gasteiger partial charge in [0, 0.05) is 24.3 Å². The molecule has 1 aromatic carbocycles. The first-order valence-electron chi connectivity index (χ1n) is 7.19. The fraction of sp³-hybridized carbons (Fsp3) is 0.400. The molecule has 2 rings (SSSR count). The largest absolute Gasteiger partial charge is 0.441 e. The van der Waals surface area contributed by atoms with Crippen molar-refractivity contribution in [2.75, 3.05) is 17.8 Å². The minimum atomic E-state index is -3.51. The molecule has 0 aliphatic carbocycles. The molecule has 120 valence electrons. The lowest BCUT2D eigenvalue weighted by atomic mass is 10.2. The number of hydrogen-bond acceptors (Lipinski definition) is 4. The van der Waals surface area contributed by atoms with Crippen molar-refractivity contribution in [1.82, 2.24) is 9.29 Å². The van der Waals surface area contributed by atoms with E-state index in [0.717, 1.165) is 17.0 Å². The monoisotopic (exact) mass is 323 g/mol. The van der Waals surface area contributed by atoms with Crippen molar-refractivity contribution in [2.45, 2.75) is 27.7 Å². The molecule has 0 aliphatic rings. The molecule has 0 bridgehead atoms. The summed E-state index contributed by atoms with van der Waals surface area (Å²) < 4.78 is 33.8. The van der Waals surface area contributed by atoms with Gasteiger partial charge in [-0.1, -0.05) is 13.8 Å². The van der Waals surface area contributed by atoms with Gasteiger partial charge in [0.1, 0.15) is 5.76 Å². The van der Waals surface area contributed by atoms with Gasteiger partial charge in [-0.2, -0.15) is 12.7 Å². The van der Waals surface area contributed by atoms with Crippen molar-refractivity contribution in [3.8, 4) is 11.5 Å². The zero-order valence-corrected chi connectivity index (χ0v) is 14.1. The smallest absolute Gasteiger partial charge is 0.301 e. The Balaban J connectivity index is 2.19. The number of nitrogens with zero attached hydrogens (tertiary/aromatic N) is 2. The third kappa shape index (κ3) is 3.48. The molecule has 6 nitrogen and oxygen atoms in total. The number of benzene rings is 1. The van der Waals surface area contributed by atoms with Gasteiger partial charge < -0.3 is 4.42 Å². The fourth-order valence-corrected chi connectivity index (χ4v) is 3.30. The Labute approximate surface area is 131 Å². The Hall–Kier alpha value is -1.86. The Kier molecular flexibility index (Phi) is 4.87. The number of nitrogens with one attached hydrogen (secondary N) is 1. The summed E-state index contributed by atoms with van der Waals surface area (Å²) in [4.78, 5) is 4.33. The van der Waals surface area contributed by atoms with Crippen LogP contribution < -0.4 is 4.72 Å². The Morgan fingerprint density at radius 2 is 1.73 bits per heavy atom. The first-order valence-corrected chi connectivity index (χ1v) is 8.63. The predicted molar refractivity (Wildman–Crippen MR) is 86.9 cm³/mol. The van der Waals surface area contributed by atoms with Crippen LogP contribution in [0.4, 0.5) is 5.69 Å². The van der Waals surface area contributed by atoms with E-state index in [9.17, 15) is 8.42 Å². The molecule has 0 spiro atoms. The molecule has 0 saturated heterocycles. The lowest BCUT2D eigenvalue weighted by Crippen LogP contribution is -2.35. The van der Waals surface area contributed by atoms with E-state index in [2.05, 4.69) is 9.71 Å². The van der Waals surface area contributed by atoms with Crippen LogP contribution in [0.3, 0.4) is 0 Å². The summed E-state index contributed by atoms with van der Waals surface area (Å²) in [5.74, 6) is 1.31. The van der Waals surface area contributed by atoms with Crippen LogP contribution in [0.2, 0.25) is 0 Å². The molecule has 1 N–H and O–H groups in total. The highest BCUT2D eigenvalue weighted by molar-refractivity contribution is 7.90. The van der Waals surface area contributed by atoms with Crippen molar-refractivity contribution in [3.05, 3.63) is 35.7 Å². The van der Waals surface area contributed by atoms with Crippen molar-refractivity contribution in [3.63, 3.8) is 0 Å². The number of anilines is 1. The number of rotatable bonds is 6. The fourth-order valence-electron chi connectivity index (χ4n) is 2.05. The molecule has 1 aromatic heterocycles. The molecule has 1 heterocycles. The van der Waals surface area contributed by atoms with Crippen LogP contribution in [-0.4, -0.2) is 30.8 Å². The summed E-state index contributed by atoms with van der Waals surface area (Å²) >= 11 is 0. The average molecular weight is 323 g/mol. The Bertz CT molecular complexity index is 712. The zero-order valence-electron chi connectivity index (χ0n) is 13.3. The van der Waals surface area contributed by atoms with E-state index < -0.39 is 10.2 Å². The van der Waals surface area contributed by atoms with Gasteiger partial charge in [0.15, 0.2) is 0 Å². The van der Waals surface area contributed by atoms with Crippen molar-refractivity contribution in [1.29, 1.82) is 0 Å². The van der Waals surface area contributed by atoms with Gasteiger partial charge in [-0.25, -0.2) is 4.98 Å². The molecule has 2 aromatic rings. The van der Waals surface area contributed by atoms with Gasteiger partial charge in [-0.15, -0.1) is 0 Å². The van der Waals surface area contributed by atoms with E-state index in [4.69, 9.17) is 4.42 Å². The van der Waals surface area contributed by atoms with Crippen molar-refractivity contribution >= 4 is 15.9 Å². The highest BCUT2D eigenvalue weighted by Crippen LogP contribution is 2.23. The standard InChI is InChI=1S/C15H21N3O3S/c1-5-18(6-2)22(19,20)17-14-9-7-13(8-10-14)15-16-11(3)12(4)21-15/h7-10,17H,5-6H2,1-4H3. The maximum absolute atomic E-state index is 12.1. The lowest BCUT2D eigenvalue weighted by molar-refractivity contribution is 0.449. The minimum Gasteiger partial charge on any atom is -0.441 e. The summed E-state index contributed by atoms with van der Waals surface area (Å²) in [5, 5.41) is 0. The van der Waals surface area contributed by atoms with Gasteiger partial charge >= 0.3 is 10.2 Å². The molecule has 0 amide bonds. The quantitative estimate of drug-likeness (QED) is 0.887. The van der Waals surface area contributed by atoms with Crippen LogP contribution in [0.25, 0.3) is 11.5 Å². The second-order valence-corrected chi connectivity index (χ2v) is 6.60. The summed E-state index contributed by atoms with van der Waals surface area (Å²) in [7, 11) is -3.51. The highest BCUT2D eigenvalue weighted by Gasteiger charge is 2.18. The van der Waals surface area contributed by atoms with Crippen LogP contribution in [0.1, 0.15) is 25.3 Å². The highest BCUT2D eigenvalue weighted by atomic mass is 32.2. The summed E-state index contributed by atoms with van der Waals surface area (Å²) in [6.45, 7) is 8.21. The first kappa shape index (κ1) is 16.5. The second-order valence-electron chi connectivity index (χ2n) is 4.93. The van der Waals surface area contributed by atoms with Crippen LogP contribution in [0.5, 0.6) is 0 Å². The molecule has 0 radical (unpaired) electrons. The van der Waals surface area contributed by atoms with E-state index in [1.165, 1.54) is 4.31 Å². The zero-order chi connectivity index (χ0) is 16.3. The number of aryl methyl sites for hydroxylation is 2. The number of hydrogen-bond donors (Lipinski definition) is 1. The normalized spacial score (nSPS) is 11.9. The van der Waals surface area contributed by atoms with E-state index in [1.807, 2.05) is 13.8 Å². The topological polar surface area (TPSA) is 75.4 Å². The molecule has 0 unspecified atom stereocenters. The molecule has 0 atom stereocenters. The molecule has 0 saturated carbocycles. The first-order chi connectivity index (χ1) is 10.4. The molecule has 22 heavy (non-hydrogen) atoms. The van der Waals surface area contributed by atoms with E-state index >= 15 is 0 Å². The average Bonchev–Trinajstić information content (AvgIpc) is 2.80. The van der Waals surface area contributed by atoms with Gasteiger partial charge in [0.2, 0.25) is 5.89 Å². The van der Waals surface area contributed by atoms with E-state index in [-0.39, 0.29) is 0 Å². The van der Waals surface area contributed by atoms with E-state index in [1.54, 1.807) is 38.1 Å². The van der Waals surface area contributed by atoms with Crippen LogP contribution in [-0.2, 0) is 10.2 Å². The molecule has 0 aliphatic heterocycles. The summed E-state index contributed by atoms with van der Waals surface area (Å²) in [6.07, 6.45) is 0. The third-order valence-electron chi connectivity index (χ3n) is 3.45. The van der Waals surface area contributed by atoms with Gasteiger partial charge in [0.25, 0.3) is 0 Å². The lowest BCUT2D eigenvalue weighted by Gasteiger charge is -2.19. The minimum absolute atomic E-state index is 0.429. The maximum Gasteiger partial charge on any atom is 0.301 e. The molecule has 7 heteroatoms. The SMILES string of the molecule is CCN(CC)S(=O)(=O)Nc1ccc(-c2nc(C)c(C)o2)cc1. The molecular weight excluding hydrogens is 302 g/mol. The molecule has 0 fully saturated rings. The van der Waals surface area contributed by atoms with Gasteiger partial charge in [-0.3, -0.25) is 4.72 Å². The van der Waals surface area contributed by atoms with Gasteiger partial charge in [0.05, 0.1) is 5.69 Å². The third-order valence-corrected chi connectivity index (χ3v) is 5.14. The summed E-state index contributed by atoms with van der Waals surface area (Å²) in [6, 6.07) is 6.96. The second kappa shape index (κ2) is 6.50. The van der Waals surface area contributed by atoms with Gasteiger partial charge in [-0.05, 0) is 38.1 Å². The van der Waals surface area contributed by atoms with Crippen molar-refractivity contribution in [2.24, 2.45) is 0 Å². The Morgan fingerprint density at radius 3 is 2.18 bits per heavy atom. The van der Waals surface area contributed by atoms with Crippen LogP contribution in [0, 0.1) is 13.8 Å². The maximum atomic E-state index is 12.1. The predicted octanol–water partition coefficient (Wildman–Crippen LogP) is 2.96. The van der Waals surface area contributed by atoms with Crippen LogP contribution >= 0.6 is 0 Å². The Morgan fingerprint density at radius 1 is 1.14 bits per heavy atom.